The number of carboxylic acid groups (broad SMARTS) is 1. The van der Waals surface area contributed by atoms with Crippen molar-refractivity contribution in [3.8, 4) is 0 Å². The summed E-state index contributed by atoms with van der Waals surface area (Å²) in [5.74, 6) is -5.59. The molecule has 2 saturated heterocycles. The van der Waals surface area contributed by atoms with Crippen LogP contribution >= 0.6 is 12.6 Å². The largest absolute Gasteiger partial charge is 0.480 e. The van der Waals surface area contributed by atoms with Crippen molar-refractivity contribution in [2.75, 3.05) is 31.9 Å². The van der Waals surface area contributed by atoms with Crippen LogP contribution in [-0.2, 0) is 33.6 Å². The topological polar surface area (TPSA) is 325 Å². The number of nitrogens with one attached hydrogen (secondary N) is 3. The van der Waals surface area contributed by atoms with Crippen molar-refractivity contribution < 1.29 is 38.7 Å². The molecule has 0 radical (unpaired) electrons. The van der Waals surface area contributed by atoms with E-state index in [2.05, 4.69) is 33.6 Å². The second kappa shape index (κ2) is 20.4. The summed E-state index contributed by atoms with van der Waals surface area (Å²) in [5, 5.41) is 17.1. The number of aliphatic carboxylic acids is 1. The lowest BCUT2D eigenvalue weighted by Gasteiger charge is -2.33. The number of likely N-dealkylation sites (tertiary alicyclic amines) is 2. The normalized spacial score (nSPS) is 19.7. The summed E-state index contributed by atoms with van der Waals surface area (Å²) in [5.41, 5.74) is 27.3. The van der Waals surface area contributed by atoms with Crippen LogP contribution in [-0.4, -0.2) is 130 Å². The predicted octanol–water partition coefficient (Wildman–Crippen LogP) is -4.18. The number of rotatable bonds is 20. The first-order chi connectivity index (χ1) is 23.2. The summed E-state index contributed by atoms with van der Waals surface area (Å²) >= 11 is 3.97. The molecule has 0 aromatic rings. The number of primary amides is 1. The number of carbonyl (C=O) groups is 7. The van der Waals surface area contributed by atoms with Crippen molar-refractivity contribution in [1.29, 1.82) is 0 Å². The molecule has 2 heterocycles. The van der Waals surface area contributed by atoms with Gasteiger partial charge in [0.2, 0.25) is 35.4 Å². The van der Waals surface area contributed by atoms with Gasteiger partial charge in [-0.05, 0) is 64.3 Å². The third-order valence-corrected chi connectivity index (χ3v) is 8.75. The Labute approximate surface area is 290 Å². The second-order valence-corrected chi connectivity index (χ2v) is 12.5. The molecule has 2 aliphatic heterocycles. The van der Waals surface area contributed by atoms with Crippen molar-refractivity contribution >= 4 is 60.0 Å². The van der Waals surface area contributed by atoms with Crippen LogP contribution in [0, 0.1) is 0 Å². The summed E-state index contributed by atoms with van der Waals surface area (Å²) < 4.78 is 0. The van der Waals surface area contributed by atoms with E-state index < -0.39 is 84.1 Å². The van der Waals surface area contributed by atoms with Crippen molar-refractivity contribution in [3.05, 3.63) is 0 Å². The number of amides is 6. The molecular formula is C29H51N11O8S. The lowest BCUT2D eigenvalue weighted by atomic mass is 10.1. The van der Waals surface area contributed by atoms with Gasteiger partial charge in [0.25, 0.3) is 0 Å². The van der Waals surface area contributed by atoms with Crippen LogP contribution in [0.2, 0.25) is 0 Å². The van der Waals surface area contributed by atoms with E-state index in [1.807, 2.05) is 0 Å². The maximum Gasteiger partial charge on any atom is 0.326 e. The van der Waals surface area contributed by atoms with Gasteiger partial charge in [-0.1, -0.05) is 0 Å². The van der Waals surface area contributed by atoms with Crippen LogP contribution in [0.5, 0.6) is 0 Å². The average molecular weight is 714 g/mol. The van der Waals surface area contributed by atoms with E-state index in [4.69, 9.17) is 28.7 Å². The van der Waals surface area contributed by atoms with Crippen LogP contribution in [0.15, 0.2) is 4.99 Å². The molecule has 2 aliphatic rings. The summed E-state index contributed by atoms with van der Waals surface area (Å²) in [6.07, 6.45) is 2.56. The molecule has 0 bridgehead atoms. The van der Waals surface area contributed by atoms with Crippen molar-refractivity contribution in [3.63, 3.8) is 0 Å². The molecule has 2 fully saturated rings. The highest BCUT2D eigenvalue weighted by atomic mass is 32.1. The Morgan fingerprint density at radius 1 is 0.816 bits per heavy atom. The monoisotopic (exact) mass is 713 g/mol. The fourth-order valence-electron chi connectivity index (χ4n) is 5.81. The Hall–Kier alpha value is -4.17. The Morgan fingerprint density at radius 2 is 1.43 bits per heavy atom. The van der Waals surface area contributed by atoms with E-state index in [9.17, 15) is 38.7 Å². The number of unbranched alkanes of at least 4 members (excludes halogenated alkanes) is 1. The number of carboxylic acids is 1. The lowest BCUT2D eigenvalue weighted by Crippen LogP contribution is -2.59. The summed E-state index contributed by atoms with van der Waals surface area (Å²) in [4.78, 5) is 97.0. The van der Waals surface area contributed by atoms with Gasteiger partial charge in [-0.3, -0.25) is 33.8 Å². The Balaban J connectivity index is 2.26. The zero-order valence-corrected chi connectivity index (χ0v) is 28.4. The molecule has 276 valence electrons. The first-order valence-electron chi connectivity index (χ1n) is 16.4. The van der Waals surface area contributed by atoms with Crippen molar-refractivity contribution in [2.45, 2.75) is 100 Å². The van der Waals surface area contributed by atoms with E-state index in [-0.39, 0.29) is 50.6 Å². The number of nitrogens with zero attached hydrogens (tertiary/aromatic N) is 3. The molecule has 14 N–H and O–H groups in total. The fraction of sp³-hybridized carbons (Fsp3) is 0.724. The van der Waals surface area contributed by atoms with Gasteiger partial charge in [0.1, 0.15) is 30.2 Å². The molecule has 20 heteroatoms. The van der Waals surface area contributed by atoms with Crippen LogP contribution in [0.25, 0.3) is 0 Å². The number of carbonyl (C=O) groups excluding carboxylic acids is 6. The van der Waals surface area contributed by atoms with Gasteiger partial charge in [-0.25, -0.2) is 4.79 Å². The quantitative estimate of drug-likeness (QED) is 0.0249. The minimum atomic E-state index is -1.45. The molecule has 6 amide bonds. The fourth-order valence-corrected chi connectivity index (χ4v) is 5.97. The molecule has 19 nitrogen and oxygen atoms in total. The first-order valence-corrected chi connectivity index (χ1v) is 17.0. The molecule has 6 atom stereocenters. The Kier molecular flexibility index (Phi) is 17.0. The highest BCUT2D eigenvalue weighted by Gasteiger charge is 2.44. The number of nitrogens with two attached hydrogens (primary N) is 5. The van der Waals surface area contributed by atoms with Gasteiger partial charge < -0.3 is 59.5 Å². The third kappa shape index (κ3) is 12.7. The first kappa shape index (κ1) is 41.0. The zero-order chi connectivity index (χ0) is 36.7. The Morgan fingerprint density at radius 3 is 2.02 bits per heavy atom. The SMILES string of the molecule is NCCCC[C@H](NC(=O)[C@@H]1CCCN1C(=O)[C@@H]1CCCN1C(=O)[C@H](CCCN=C(N)N)NC(=O)[C@H](CC(N)=O)NC(=O)[C@@H](N)CS)C(=O)O. The van der Waals surface area contributed by atoms with Gasteiger partial charge in [0.15, 0.2) is 5.96 Å². The highest BCUT2D eigenvalue weighted by molar-refractivity contribution is 7.80. The maximum absolute atomic E-state index is 14.0. The zero-order valence-electron chi connectivity index (χ0n) is 27.6. The van der Waals surface area contributed by atoms with E-state index in [0.717, 1.165) is 0 Å². The van der Waals surface area contributed by atoms with Gasteiger partial charge in [0.05, 0.1) is 12.5 Å². The molecule has 0 saturated carbocycles. The standard InChI is InChI=1S/C29H51N11O8S/c30-10-2-1-6-18(28(47)48)37-25(44)20-8-4-12-39(20)27(46)21-9-5-13-40(21)26(45)17(7-3-11-35-29(33)34)36-24(43)19(14-22(32)41)38-23(42)16(31)15-49/h16-21,49H,1-15,30-31H2,(H2,32,41)(H,36,43)(H,37,44)(H,38,42)(H,47,48)(H4,33,34,35)/t16-,17-,18-,19-,20-,21-/m0/s1. The smallest absolute Gasteiger partial charge is 0.326 e. The summed E-state index contributed by atoms with van der Waals surface area (Å²) in [6.45, 7) is 0.928. The maximum atomic E-state index is 14.0. The van der Waals surface area contributed by atoms with Crippen LogP contribution in [0.4, 0.5) is 0 Å². The number of guanidine groups is 1. The molecule has 0 aromatic heterocycles. The van der Waals surface area contributed by atoms with E-state index in [1.54, 1.807) is 0 Å². The minimum Gasteiger partial charge on any atom is -0.480 e. The number of thiol groups is 1. The minimum absolute atomic E-state index is 0.0294. The Bertz CT molecular complexity index is 1230. The molecular weight excluding hydrogens is 662 g/mol. The highest BCUT2D eigenvalue weighted by Crippen LogP contribution is 2.26. The van der Waals surface area contributed by atoms with Gasteiger partial charge in [-0.2, -0.15) is 12.6 Å². The molecule has 0 unspecified atom stereocenters. The second-order valence-electron chi connectivity index (χ2n) is 12.1. The third-order valence-electron chi connectivity index (χ3n) is 8.35. The van der Waals surface area contributed by atoms with Gasteiger partial charge >= 0.3 is 5.97 Å². The van der Waals surface area contributed by atoms with E-state index >= 15 is 0 Å². The van der Waals surface area contributed by atoms with Gasteiger partial charge in [0, 0.05) is 25.4 Å². The number of aliphatic imine (C=N–C) groups is 1. The lowest BCUT2D eigenvalue weighted by molar-refractivity contribution is -0.149. The van der Waals surface area contributed by atoms with Crippen LogP contribution < -0.4 is 44.6 Å². The summed E-state index contributed by atoms with van der Waals surface area (Å²) in [7, 11) is 0. The number of hydrogen-bond donors (Lipinski definition) is 10. The van der Waals surface area contributed by atoms with Gasteiger partial charge in [-0.15, -0.1) is 0 Å². The van der Waals surface area contributed by atoms with Crippen LogP contribution in [0.3, 0.4) is 0 Å². The van der Waals surface area contributed by atoms with Crippen LogP contribution in [0.1, 0.15) is 64.2 Å². The number of hydrogen-bond acceptors (Lipinski definition) is 11. The molecule has 0 aliphatic carbocycles. The summed E-state index contributed by atoms with van der Waals surface area (Å²) in [6, 6.07) is -6.76. The van der Waals surface area contributed by atoms with E-state index in [1.165, 1.54) is 9.80 Å². The average Bonchev–Trinajstić information content (AvgIpc) is 3.74. The molecule has 2 rings (SSSR count). The van der Waals surface area contributed by atoms with E-state index in [0.29, 0.717) is 45.1 Å². The molecule has 0 spiro atoms. The van der Waals surface area contributed by atoms with Crippen molar-refractivity contribution in [1.82, 2.24) is 25.8 Å². The predicted molar refractivity (Wildman–Crippen MR) is 181 cm³/mol. The molecule has 0 aromatic carbocycles. The molecule has 49 heavy (non-hydrogen) atoms. The van der Waals surface area contributed by atoms with Crippen molar-refractivity contribution in [2.24, 2.45) is 33.7 Å².